The molecule has 0 spiro atoms. The maximum atomic E-state index is 2.33. The first-order chi connectivity index (χ1) is 7.91. The molecule has 0 fully saturated rings. The van der Waals surface area contributed by atoms with E-state index in [0.717, 1.165) is 0 Å². The van der Waals surface area contributed by atoms with Crippen LogP contribution in [0.25, 0.3) is 0 Å². The first-order valence-electron chi connectivity index (χ1n) is 6.19. The highest BCUT2D eigenvalue weighted by molar-refractivity contribution is 5.59. The number of hydrogen-bond acceptors (Lipinski definition) is 2. The molecular weight excluding hydrogens is 208 g/mol. The van der Waals surface area contributed by atoms with E-state index in [0.29, 0.717) is 6.17 Å². The van der Waals surface area contributed by atoms with Crippen molar-refractivity contribution in [2.45, 2.75) is 39.3 Å². The third kappa shape index (κ3) is 2.17. The molecule has 0 aromatic heterocycles. The molecule has 1 aromatic rings. The molecule has 1 aliphatic rings. The number of para-hydroxylation sites is 1. The Morgan fingerprint density at radius 3 is 2.24 bits per heavy atom. The molecule has 1 atom stereocenters. The van der Waals surface area contributed by atoms with Gasteiger partial charge in [-0.25, -0.2) is 0 Å². The van der Waals surface area contributed by atoms with Gasteiger partial charge in [0.25, 0.3) is 0 Å². The fourth-order valence-corrected chi connectivity index (χ4v) is 2.24. The van der Waals surface area contributed by atoms with Crippen molar-refractivity contribution >= 4 is 5.69 Å². The summed E-state index contributed by atoms with van der Waals surface area (Å²) in [5.41, 5.74) is 2.88. The van der Waals surface area contributed by atoms with Gasteiger partial charge in [-0.15, -0.1) is 0 Å². The lowest BCUT2D eigenvalue weighted by atomic mass is 9.85. The summed E-state index contributed by atoms with van der Waals surface area (Å²) < 4.78 is 0. The maximum Gasteiger partial charge on any atom is 0.102 e. The standard InChI is InChI=1S/C15H22N2/c1-12-16(5)10-11-17(12)14-9-7-6-8-13(14)15(2,3)4/h6-12H,1-5H3/t12-/m1/s1. The van der Waals surface area contributed by atoms with Gasteiger partial charge in [-0.3, -0.25) is 0 Å². The van der Waals surface area contributed by atoms with Crippen LogP contribution in [0.4, 0.5) is 5.69 Å². The Hall–Kier alpha value is -1.44. The Morgan fingerprint density at radius 1 is 1.06 bits per heavy atom. The second kappa shape index (κ2) is 4.10. The van der Waals surface area contributed by atoms with Crippen molar-refractivity contribution in [1.82, 2.24) is 4.90 Å². The quantitative estimate of drug-likeness (QED) is 0.728. The van der Waals surface area contributed by atoms with Gasteiger partial charge in [0.05, 0.1) is 0 Å². The molecule has 0 amide bonds. The first-order valence-corrected chi connectivity index (χ1v) is 6.19. The minimum atomic E-state index is 0.172. The zero-order valence-corrected chi connectivity index (χ0v) is 11.4. The fourth-order valence-electron chi connectivity index (χ4n) is 2.24. The average molecular weight is 230 g/mol. The van der Waals surface area contributed by atoms with Gasteiger partial charge in [-0.2, -0.15) is 0 Å². The lowest BCUT2D eigenvalue weighted by Crippen LogP contribution is -2.34. The monoisotopic (exact) mass is 230 g/mol. The van der Waals surface area contributed by atoms with Crippen LogP contribution in [-0.2, 0) is 5.41 Å². The van der Waals surface area contributed by atoms with Gasteiger partial charge in [-0.1, -0.05) is 39.0 Å². The van der Waals surface area contributed by atoms with Crippen molar-refractivity contribution < 1.29 is 0 Å². The van der Waals surface area contributed by atoms with Gasteiger partial charge < -0.3 is 9.80 Å². The van der Waals surface area contributed by atoms with E-state index in [1.165, 1.54) is 11.3 Å². The molecule has 1 heterocycles. The smallest absolute Gasteiger partial charge is 0.102 e. The topological polar surface area (TPSA) is 6.48 Å². The van der Waals surface area contributed by atoms with Crippen LogP contribution in [0, 0.1) is 0 Å². The van der Waals surface area contributed by atoms with Crippen molar-refractivity contribution in [3.8, 4) is 0 Å². The molecule has 0 saturated carbocycles. The van der Waals surface area contributed by atoms with Crippen molar-refractivity contribution in [1.29, 1.82) is 0 Å². The molecule has 0 saturated heterocycles. The first kappa shape index (κ1) is 12.0. The van der Waals surface area contributed by atoms with Crippen LogP contribution in [0.15, 0.2) is 36.7 Å². The van der Waals surface area contributed by atoms with Crippen LogP contribution in [-0.4, -0.2) is 18.1 Å². The van der Waals surface area contributed by atoms with E-state index in [-0.39, 0.29) is 5.41 Å². The molecule has 1 aromatic carbocycles. The van der Waals surface area contributed by atoms with Gasteiger partial charge in [0.15, 0.2) is 0 Å². The largest absolute Gasteiger partial charge is 0.359 e. The maximum absolute atomic E-state index is 2.33. The highest BCUT2D eigenvalue weighted by Gasteiger charge is 2.25. The van der Waals surface area contributed by atoms with Gasteiger partial charge >= 0.3 is 0 Å². The van der Waals surface area contributed by atoms with Crippen LogP contribution < -0.4 is 4.90 Å². The summed E-state index contributed by atoms with van der Waals surface area (Å²) in [4.78, 5) is 4.56. The van der Waals surface area contributed by atoms with Gasteiger partial charge in [-0.05, 0) is 24.0 Å². The molecule has 0 unspecified atom stereocenters. The van der Waals surface area contributed by atoms with Crippen LogP contribution in [0.3, 0.4) is 0 Å². The molecule has 92 valence electrons. The lowest BCUT2D eigenvalue weighted by Gasteiger charge is -2.32. The number of rotatable bonds is 1. The van der Waals surface area contributed by atoms with Crippen molar-refractivity contribution in [3.63, 3.8) is 0 Å². The zero-order valence-electron chi connectivity index (χ0n) is 11.4. The highest BCUT2D eigenvalue weighted by Crippen LogP contribution is 2.34. The summed E-state index contributed by atoms with van der Waals surface area (Å²) in [6.07, 6.45) is 4.68. The van der Waals surface area contributed by atoms with E-state index in [4.69, 9.17) is 0 Å². The van der Waals surface area contributed by atoms with Crippen LogP contribution >= 0.6 is 0 Å². The molecule has 2 nitrogen and oxygen atoms in total. The summed E-state index contributed by atoms with van der Waals surface area (Å²) in [6.45, 7) is 9.01. The van der Waals surface area contributed by atoms with Crippen molar-refractivity contribution in [2.24, 2.45) is 0 Å². The summed E-state index contributed by atoms with van der Waals surface area (Å²) in [7, 11) is 2.11. The Bertz CT molecular complexity index is 429. The Kier molecular flexibility index (Phi) is 2.90. The molecule has 0 bridgehead atoms. The predicted molar refractivity (Wildman–Crippen MR) is 74.0 cm³/mol. The molecule has 0 radical (unpaired) electrons. The van der Waals surface area contributed by atoms with E-state index in [1.807, 2.05) is 0 Å². The van der Waals surface area contributed by atoms with E-state index in [1.54, 1.807) is 0 Å². The lowest BCUT2D eigenvalue weighted by molar-refractivity contribution is 0.382. The predicted octanol–water partition coefficient (Wildman–Crippen LogP) is 3.55. The second-order valence-electron chi connectivity index (χ2n) is 5.77. The minimum absolute atomic E-state index is 0.172. The van der Waals surface area contributed by atoms with Crippen LogP contribution in [0.2, 0.25) is 0 Å². The van der Waals surface area contributed by atoms with Gasteiger partial charge in [0.1, 0.15) is 6.17 Å². The van der Waals surface area contributed by atoms with Crippen LogP contribution in [0.1, 0.15) is 33.3 Å². The molecule has 1 aliphatic heterocycles. The number of hydrogen-bond donors (Lipinski definition) is 0. The van der Waals surface area contributed by atoms with Gasteiger partial charge in [0.2, 0.25) is 0 Å². The third-order valence-corrected chi connectivity index (χ3v) is 3.44. The summed E-state index contributed by atoms with van der Waals surface area (Å²) in [6, 6.07) is 8.68. The molecule has 2 heteroatoms. The third-order valence-electron chi connectivity index (χ3n) is 3.44. The van der Waals surface area contributed by atoms with E-state index < -0.39 is 0 Å². The van der Waals surface area contributed by atoms with Crippen molar-refractivity contribution in [2.75, 3.05) is 11.9 Å². The van der Waals surface area contributed by atoms with E-state index >= 15 is 0 Å². The SMILES string of the molecule is C[C@@H]1N(C)C=CN1c1ccccc1C(C)(C)C. The average Bonchev–Trinajstić information content (AvgIpc) is 2.59. The van der Waals surface area contributed by atoms with Crippen molar-refractivity contribution in [3.05, 3.63) is 42.2 Å². The molecule has 0 N–H and O–H groups in total. The molecule has 0 aliphatic carbocycles. The fraction of sp³-hybridized carbons (Fsp3) is 0.467. The molecule has 2 rings (SSSR count). The summed E-state index contributed by atoms with van der Waals surface area (Å²) >= 11 is 0. The Balaban J connectivity index is 2.43. The van der Waals surface area contributed by atoms with Crippen LogP contribution in [0.5, 0.6) is 0 Å². The molecular formula is C15H22N2. The zero-order chi connectivity index (χ0) is 12.6. The Labute approximate surface area is 105 Å². The summed E-state index contributed by atoms with van der Waals surface area (Å²) in [5, 5.41) is 0. The van der Waals surface area contributed by atoms with E-state index in [2.05, 4.69) is 81.2 Å². The number of benzene rings is 1. The number of nitrogens with zero attached hydrogens (tertiary/aromatic N) is 2. The van der Waals surface area contributed by atoms with E-state index in [9.17, 15) is 0 Å². The second-order valence-corrected chi connectivity index (χ2v) is 5.77. The van der Waals surface area contributed by atoms with Gasteiger partial charge in [0, 0.05) is 25.1 Å². The summed E-state index contributed by atoms with van der Waals surface area (Å²) in [5.74, 6) is 0. The normalized spacial score (nSPS) is 20.2. The Morgan fingerprint density at radius 2 is 1.71 bits per heavy atom. The molecule has 17 heavy (non-hydrogen) atoms. The highest BCUT2D eigenvalue weighted by atomic mass is 15.4. The minimum Gasteiger partial charge on any atom is -0.359 e. The number of anilines is 1.